The first-order valence-corrected chi connectivity index (χ1v) is 7.37. The molecule has 0 radical (unpaired) electrons. The summed E-state index contributed by atoms with van der Waals surface area (Å²) < 4.78 is 0. The molecule has 1 amide bonds. The summed E-state index contributed by atoms with van der Waals surface area (Å²) in [7, 11) is 1.78. The fraction of sp³-hybridized carbons (Fsp3) is 0.538. The number of anilines is 2. The van der Waals surface area contributed by atoms with Gasteiger partial charge in [-0.2, -0.15) is 0 Å². The van der Waals surface area contributed by atoms with Crippen molar-refractivity contribution >= 4 is 40.7 Å². The minimum atomic E-state index is -0.0205. The van der Waals surface area contributed by atoms with Crippen LogP contribution in [-0.2, 0) is 4.79 Å². The molecule has 1 fully saturated rings. The summed E-state index contributed by atoms with van der Waals surface area (Å²) in [4.78, 5) is 17.9. The highest BCUT2D eigenvalue weighted by molar-refractivity contribution is 6.37. The standard InChI is InChI=1S/C13H18Cl2N4O/c1-3-16-12-9(14)6-10(15)13(18-12)19(2)7-11(20)17-8-4-5-8/h6,8H,3-5,7H2,1-2H3,(H,16,18)(H,17,20). The van der Waals surface area contributed by atoms with Crippen molar-refractivity contribution in [1.82, 2.24) is 10.3 Å². The summed E-state index contributed by atoms with van der Waals surface area (Å²) >= 11 is 12.2. The Kier molecular flexibility index (Phi) is 4.94. The second kappa shape index (κ2) is 6.50. The Balaban J connectivity index is 2.08. The zero-order valence-electron chi connectivity index (χ0n) is 11.5. The number of nitrogens with zero attached hydrogens (tertiary/aromatic N) is 2. The van der Waals surface area contributed by atoms with Gasteiger partial charge in [-0.25, -0.2) is 4.98 Å². The molecule has 7 heteroatoms. The third kappa shape index (κ3) is 3.90. The lowest BCUT2D eigenvalue weighted by Gasteiger charge is -2.20. The second-order valence-corrected chi connectivity index (χ2v) is 5.67. The number of hydrogen-bond donors (Lipinski definition) is 2. The van der Waals surface area contributed by atoms with Gasteiger partial charge in [0.1, 0.15) is 11.6 Å². The smallest absolute Gasteiger partial charge is 0.239 e. The van der Waals surface area contributed by atoms with Crippen LogP contribution >= 0.6 is 23.2 Å². The van der Waals surface area contributed by atoms with E-state index in [1.54, 1.807) is 18.0 Å². The molecule has 110 valence electrons. The quantitative estimate of drug-likeness (QED) is 0.846. The van der Waals surface area contributed by atoms with Crippen LogP contribution in [0.4, 0.5) is 11.6 Å². The Bertz CT molecular complexity index is 505. The Morgan fingerprint density at radius 3 is 2.75 bits per heavy atom. The normalized spacial score (nSPS) is 14.0. The van der Waals surface area contributed by atoms with E-state index >= 15 is 0 Å². The van der Waals surface area contributed by atoms with Gasteiger partial charge in [-0.1, -0.05) is 23.2 Å². The maximum Gasteiger partial charge on any atom is 0.239 e. The van der Waals surface area contributed by atoms with Crippen molar-refractivity contribution < 1.29 is 4.79 Å². The van der Waals surface area contributed by atoms with Crippen molar-refractivity contribution in [3.63, 3.8) is 0 Å². The van der Waals surface area contributed by atoms with E-state index in [0.717, 1.165) is 12.8 Å². The fourth-order valence-electron chi connectivity index (χ4n) is 1.81. The summed E-state index contributed by atoms with van der Waals surface area (Å²) in [6.07, 6.45) is 2.14. The Morgan fingerprint density at radius 1 is 1.45 bits per heavy atom. The van der Waals surface area contributed by atoms with Crippen molar-refractivity contribution in [1.29, 1.82) is 0 Å². The van der Waals surface area contributed by atoms with Gasteiger partial charge in [-0.05, 0) is 25.8 Å². The van der Waals surface area contributed by atoms with Crippen LogP contribution in [0.5, 0.6) is 0 Å². The Labute approximate surface area is 128 Å². The average Bonchev–Trinajstić information content (AvgIpc) is 3.16. The number of carbonyl (C=O) groups is 1. The van der Waals surface area contributed by atoms with Gasteiger partial charge in [0.25, 0.3) is 0 Å². The lowest BCUT2D eigenvalue weighted by atomic mass is 10.4. The summed E-state index contributed by atoms with van der Waals surface area (Å²) in [5.41, 5.74) is 0. The van der Waals surface area contributed by atoms with Crippen LogP contribution in [-0.4, -0.2) is 37.1 Å². The van der Waals surface area contributed by atoms with E-state index in [1.807, 2.05) is 6.92 Å². The Morgan fingerprint density at radius 2 is 2.15 bits per heavy atom. The van der Waals surface area contributed by atoms with Gasteiger partial charge in [0.15, 0.2) is 0 Å². The van der Waals surface area contributed by atoms with Crippen molar-refractivity contribution in [2.24, 2.45) is 0 Å². The maximum atomic E-state index is 11.8. The first-order chi connectivity index (χ1) is 9.51. The van der Waals surface area contributed by atoms with E-state index in [9.17, 15) is 4.79 Å². The summed E-state index contributed by atoms with van der Waals surface area (Å²) in [6, 6.07) is 1.99. The molecular formula is C13H18Cl2N4O. The third-order valence-electron chi connectivity index (χ3n) is 2.94. The van der Waals surface area contributed by atoms with Crippen molar-refractivity contribution in [3.05, 3.63) is 16.1 Å². The molecule has 0 saturated heterocycles. The SMILES string of the molecule is CCNc1nc(N(C)CC(=O)NC2CC2)c(Cl)cc1Cl. The van der Waals surface area contributed by atoms with E-state index in [4.69, 9.17) is 23.2 Å². The lowest BCUT2D eigenvalue weighted by Crippen LogP contribution is -2.36. The van der Waals surface area contributed by atoms with Gasteiger partial charge in [0.2, 0.25) is 5.91 Å². The molecule has 0 aromatic carbocycles. The van der Waals surface area contributed by atoms with Crippen LogP contribution in [0.1, 0.15) is 19.8 Å². The molecule has 0 spiro atoms. The summed E-state index contributed by atoms with van der Waals surface area (Å²) in [5.74, 6) is 1.09. The van der Waals surface area contributed by atoms with Crippen LogP contribution in [0.2, 0.25) is 10.0 Å². The van der Waals surface area contributed by atoms with Gasteiger partial charge in [-0.3, -0.25) is 4.79 Å². The molecule has 1 aromatic rings. The first kappa shape index (κ1) is 15.2. The molecule has 1 aromatic heterocycles. The molecule has 1 aliphatic carbocycles. The highest BCUT2D eigenvalue weighted by Gasteiger charge is 2.24. The number of pyridine rings is 1. The number of rotatable bonds is 6. The molecule has 1 saturated carbocycles. The van der Waals surface area contributed by atoms with Crippen LogP contribution in [0.25, 0.3) is 0 Å². The monoisotopic (exact) mass is 316 g/mol. The zero-order valence-corrected chi connectivity index (χ0v) is 13.1. The molecule has 1 heterocycles. The molecule has 0 aliphatic heterocycles. The molecule has 20 heavy (non-hydrogen) atoms. The molecule has 0 bridgehead atoms. The number of nitrogens with one attached hydrogen (secondary N) is 2. The number of amides is 1. The topological polar surface area (TPSA) is 57.3 Å². The van der Waals surface area contributed by atoms with Crippen LogP contribution in [0.15, 0.2) is 6.07 Å². The number of carbonyl (C=O) groups excluding carboxylic acids is 1. The second-order valence-electron chi connectivity index (χ2n) is 4.85. The summed E-state index contributed by atoms with van der Waals surface area (Å²) in [6.45, 7) is 2.88. The highest BCUT2D eigenvalue weighted by Crippen LogP contribution is 2.30. The minimum Gasteiger partial charge on any atom is -0.369 e. The Hall–Kier alpha value is -1.20. The van der Waals surface area contributed by atoms with Gasteiger partial charge < -0.3 is 15.5 Å². The van der Waals surface area contributed by atoms with Gasteiger partial charge in [0, 0.05) is 19.6 Å². The van der Waals surface area contributed by atoms with Gasteiger partial charge in [-0.15, -0.1) is 0 Å². The third-order valence-corrected chi connectivity index (χ3v) is 3.51. The summed E-state index contributed by atoms with van der Waals surface area (Å²) in [5, 5.41) is 6.89. The van der Waals surface area contributed by atoms with Gasteiger partial charge >= 0.3 is 0 Å². The van der Waals surface area contributed by atoms with E-state index in [-0.39, 0.29) is 12.5 Å². The van der Waals surface area contributed by atoms with E-state index in [2.05, 4.69) is 15.6 Å². The molecule has 0 atom stereocenters. The van der Waals surface area contributed by atoms with E-state index in [0.29, 0.717) is 34.3 Å². The van der Waals surface area contributed by atoms with Crippen LogP contribution in [0.3, 0.4) is 0 Å². The minimum absolute atomic E-state index is 0.0205. The predicted molar refractivity (Wildman–Crippen MR) is 82.9 cm³/mol. The molecule has 2 N–H and O–H groups in total. The number of likely N-dealkylation sites (N-methyl/N-ethyl adjacent to an activating group) is 1. The molecule has 2 rings (SSSR count). The first-order valence-electron chi connectivity index (χ1n) is 6.61. The van der Waals surface area contributed by atoms with Crippen molar-refractivity contribution in [3.8, 4) is 0 Å². The van der Waals surface area contributed by atoms with Gasteiger partial charge in [0.05, 0.1) is 16.6 Å². The molecular weight excluding hydrogens is 299 g/mol. The zero-order chi connectivity index (χ0) is 14.7. The van der Waals surface area contributed by atoms with Crippen LogP contribution < -0.4 is 15.5 Å². The van der Waals surface area contributed by atoms with E-state index < -0.39 is 0 Å². The maximum absolute atomic E-state index is 11.8. The van der Waals surface area contributed by atoms with Crippen molar-refractivity contribution in [2.45, 2.75) is 25.8 Å². The molecule has 1 aliphatic rings. The largest absolute Gasteiger partial charge is 0.369 e. The van der Waals surface area contributed by atoms with E-state index in [1.165, 1.54) is 0 Å². The van der Waals surface area contributed by atoms with Crippen LogP contribution in [0, 0.1) is 0 Å². The fourth-order valence-corrected chi connectivity index (χ4v) is 2.38. The average molecular weight is 317 g/mol. The predicted octanol–water partition coefficient (Wildman–Crippen LogP) is 2.54. The van der Waals surface area contributed by atoms with Crippen molar-refractivity contribution in [2.75, 3.05) is 30.4 Å². The molecule has 0 unspecified atom stereocenters. The molecule has 5 nitrogen and oxygen atoms in total. The number of halogens is 2. The lowest BCUT2D eigenvalue weighted by molar-refractivity contribution is -0.119. The highest BCUT2D eigenvalue weighted by atomic mass is 35.5. The number of hydrogen-bond acceptors (Lipinski definition) is 4. The number of aromatic nitrogens is 1.